The van der Waals surface area contributed by atoms with Crippen LogP contribution in [0.25, 0.3) is 5.69 Å². The fourth-order valence-corrected chi connectivity index (χ4v) is 3.67. The number of hydrogen-bond acceptors (Lipinski definition) is 4. The lowest BCUT2D eigenvalue weighted by Crippen LogP contribution is -2.32. The summed E-state index contributed by atoms with van der Waals surface area (Å²) in [5, 5.41) is 9.46. The predicted octanol–water partition coefficient (Wildman–Crippen LogP) is 4.54. The third kappa shape index (κ3) is 5.03. The van der Waals surface area contributed by atoms with Crippen LogP contribution < -0.4 is 0 Å². The van der Waals surface area contributed by atoms with E-state index >= 15 is 0 Å². The Labute approximate surface area is 174 Å². The summed E-state index contributed by atoms with van der Waals surface area (Å²) in [6, 6.07) is 15.7. The molecule has 28 heavy (non-hydrogen) atoms. The zero-order valence-corrected chi connectivity index (χ0v) is 17.2. The summed E-state index contributed by atoms with van der Waals surface area (Å²) in [7, 11) is 0. The third-order valence-electron chi connectivity index (χ3n) is 4.19. The molecule has 0 spiro atoms. The molecular formula is C21H21ClN4OS. The topological polar surface area (TPSA) is 51.0 Å². The van der Waals surface area contributed by atoms with E-state index in [1.807, 2.05) is 60.0 Å². The molecule has 1 heterocycles. The molecule has 5 nitrogen and oxygen atoms in total. The van der Waals surface area contributed by atoms with Crippen LogP contribution in [0.5, 0.6) is 0 Å². The lowest BCUT2D eigenvalue weighted by atomic mass is 10.2. The van der Waals surface area contributed by atoms with Crippen molar-refractivity contribution in [3.63, 3.8) is 0 Å². The van der Waals surface area contributed by atoms with E-state index in [1.54, 1.807) is 17.3 Å². The second-order valence-electron chi connectivity index (χ2n) is 6.25. The average Bonchev–Trinajstić information content (AvgIpc) is 3.17. The summed E-state index contributed by atoms with van der Waals surface area (Å²) >= 11 is 7.59. The molecule has 0 atom stereocenters. The Morgan fingerprint density at radius 2 is 2.07 bits per heavy atom. The first-order valence-corrected chi connectivity index (χ1v) is 10.2. The summed E-state index contributed by atoms with van der Waals surface area (Å²) in [5.74, 6) is 0.282. The molecule has 0 fully saturated rings. The normalized spacial score (nSPS) is 10.6. The molecule has 0 bridgehead atoms. The van der Waals surface area contributed by atoms with Gasteiger partial charge in [-0.2, -0.15) is 0 Å². The Balaban J connectivity index is 1.69. The molecule has 2 aromatic carbocycles. The maximum atomic E-state index is 12.8. The number of rotatable bonds is 8. The molecule has 144 valence electrons. The van der Waals surface area contributed by atoms with Crippen molar-refractivity contribution in [2.24, 2.45) is 0 Å². The van der Waals surface area contributed by atoms with Gasteiger partial charge in [-0.1, -0.05) is 65.8 Å². The van der Waals surface area contributed by atoms with Gasteiger partial charge in [-0.25, -0.2) is 0 Å². The summed E-state index contributed by atoms with van der Waals surface area (Å²) in [6.45, 7) is 6.76. The van der Waals surface area contributed by atoms with E-state index in [-0.39, 0.29) is 11.7 Å². The van der Waals surface area contributed by atoms with Crippen LogP contribution in [0.2, 0.25) is 5.02 Å². The SMILES string of the molecule is C=CCN(Cc1ccccc1)C(=O)CSc1nncn1-c1ccc(C)c(Cl)c1. The first-order valence-electron chi connectivity index (χ1n) is 8.80. The number of amides is 1. The van der Waals surface area contributed by atoms with E-state index in [0.717, 1.165) is 16.8 Å². The summed E-state index contributed by atoms with van der Waals surface area (Å²) in [6.07, 6.45) is 3.36. The zero-order valence-electron chi connectivity index (χ0n) is 15.6. The van der Waals surface area contributed by atoms with Gasteiger partial charge in [0.05, 0.1) is 11.4 Å². The molecule has 3 rings (SSSR count). The highest BCUT2D eigenvalue weighted by Crippen LogP contribution is 2.24. The summed E-state index contributed by atoms with van der Waals surface area (Å²) in [5.41, 5.74) is 2.95. The Morgan fingerprint density at radius 3 is 2.79 bits per heavy atom. The van der Waals surface area contributed by atoms with Crippen LogP contribution in [0.15, 0.2) is 72.7 Å². The van der Waals surface area contributed by atoms with E-state index in [1.165, 1.54) is 11.8 Å². The molecule has 0 saturated heterocycles. The van der Waals surface area contributed by atoms with Crippen LogP contribution in [0.4, 0.5) is 0 Å². The first kappa shape index (κ1) is 20.2. The lowest BCUT2D eigenvalue weighted by molar-refractivity contribution is -0.128. The van der Waals surface area contributed by atoms with Crippen LogP contribution in [0.1, 0.15) is 11.1 Å². The number of nitrogens with zero attached hydrogens (tertiary/aromatic N) is 4. The van der Waals surface area contributed by atoms with Crippen LogP contribution in [0.3, 0.4) is 0 Å². The maximum Gasteiger partial charge on any atom is 0.233 e. The van der Waals surface area contributed by atoms with Gasteiger partial charge in [0, 0.05) is 18.1 Å². The van der Waals surface area contributed by atoms with Gasteiger partial charge in [-0.15, -0.1) is 16.8 Å². The highest BCUT2D eigenvalue weighted by atomic mass is 35.5. The second-order valence-corrected chi connectivity index (χ2v) is 7.60. The van der Waals surface area contributed by atoms with Gasteiger partial charge in [0.25, 0.3) is 0 Å². The van der Waals surface area contributed by atoms with E-state index in [2.05, 4.69) is 16.8 Å². The van der Waals surface area contributed by atoms with Crippen molar-refractivity contribution in [3.05, 3.63) is 83.7 Å². The van der Waals surface area contributed by atoms with Crippen LogP contribution in [0, 0.1) is 6.92 Å². The van der Waals surface area contributed by atoms with Gasteiger partial charge in [-0.05, 0) is 30.2 Å². The number of halogens is 1. The highest BCUT2D eigenvalue weighted by Gasteiger charge is 2.16. The molecule has 1 amide bonds. The van der Waals surface area contributed by atoms with Crippen molar-refractivity contribution in [3.8, 4) is 5.69 Å². The molecule has 3 aromatic rings. The fraction of sp³-hybridized carbons (Fsp3) is 0.190. The molecule has 7 heteroatoms. The number of thioether (sulfide) groups is 1. The van der Waals surface area contributed by atoms with E-state index in [4.69, 9.17) is 11.6 Å². The minimum Gasteiger partial charge on any atom is -0.334 e. The molecule has 0 radical (unpaired) electrons. The number of aromatic nitrogens is 3. The largest absolute Gasteiger partial charge is 0.334 e. The molecule has 0 aliphatic heterocycles. The molecular weight excluding hydrogens is 392 g/mol. The van der Waals surface area contributed by atoms with Crippen molar-refractivity contribution in [1.82, 2.24) is 19.7 Å². The minimum atomic E-state index is 0.0187. The first-order chi connectivity index (χ1) is 13.6. The lowest BCUT2D eigenvalue weighted by Gasteiger charge is -2.21. The van der Waals surface area contributed by atoms with Gasteiger partial charge in [0.2, 0.25) is 5.91 Å². The standard InChI is InChI=1S/C21H21ClN4OS/c1-3-11-25(13-17-7-5-4-6-8-17)20(27)14-28-21-24-23-15-26(21)18-10-9-16(2)19(22)12-18/h3-10,12,15H,1,11,13-14H2,2H3. The minimum absolute atomic E-state index is 0.0187. The molecule has 0 saturated carbocycles. The van der Waals surface area contributed by atoms with E-state index < -0.39 is 0 Å². The number of carbonyl (C=O) groups is 1. The van der Waals surface area contributed by atoms with E-state index in [0.29, 0.717) is 23.3 Å². The number of hydrogen-bond donors (Lipinski definition) is 0. The Bertz CT molecular complexity index is 958. The van der Waals surface area contributed by atoms with Crippen molar-refractivity contribution < 1.29 is 4.79 Å². The predicted molar refractivity (Wildman–Crippen MR) is 114 cm³/mol. The quantitative estimate of drug-likeness (QED) is 0.402. The van der Waals surface area contributed by atoms with Gasteiger partial charge < -0.3 is 4.90 Å². The Morgan fingerprint density at radius 1 is 1.29 bits per heavy atom. The Kier molecular flexibility index (Phi) is 6.90. The van der Waals surface area contributed by atoms with Gasteiger partial charge >= 0.3 is 0 Å². The summed E-state index contributed by atoms with van der Waals surface area (Å²) < 4.78 is 1.83. The smallest absolute Gasteiger partial charge is 0.233 e. The van der Waals surface area contributed by atoms with Gasteiger partial charge in [0.15, 0.2) is 5.16 Å². The second kappa shape index (κ2) is 9.57. The van der Waals surface area contributed by atoms with Crippen molar-refractivity contribution in [2.45, 2.75) is 18.6 Å². The third-order valence-corrected chi connectivity index (χ3v) is 5.53. The fourth-order valence-electron chi connectivity index (χ4n) is 2.66. The molecule has 0 aliphatic carbocycles. The molecule has 0 aliphatic rings. The molecule has 1 aromatic heterocycles. The van der Waals surface area contributed by atoms with Crippen molar-refractivity contribution in [2.75, 3.05) is 12.3 Å². The van der Waals surface area contributed by atoms with Crippen molar-refractivity contribution in [1.29, 1.82) is 0 Å². The monoisotopic (exact) mass is 412 g/mol. The maximum absolute atomic E-state index is 12.8. The number of carbonyl (C=O) groups excluding carboxylic acids is 1. The highest BCUT2D eigenvalue weighted by molar-refractivity contribution is 7.99. The number of benzene rings is 2. The summed E-state index contributed by atoms with van der Waals surface area (Å²) in [4.78, 5) is 14.5. The average molecular weight is 413 g/mol. The van der Waals surface area contributed by atoms with Crippen LogP contribution >= 0.6 is 23.4 Å². The van der Waals surface area contributed by atoms with E-state index in [9.17, 15) is 4.79 Å². The van der Waals surface area contributed by atoms with Crippen molar-refractivity contribution >= 4 is 29.3 Å². The number of aryl methyl sites for hydroxylation is 1. The van der Waals surface area contributed by atoms with Crippen LogP contribution in [-0.4, -0.2) is 37.9 Å². The van der Waals surface area contributed by atoms with Gasteiger partial charge in [-0.3, -0.25) is 9.36 Å². The molecule has 0 unspecified atom stereocenters. The van der Waals surface area contributed by atoms with Crippen LogP contribution in [-0.2, 0) is 11.3 Å². The van der Waals surface area contributed by atoms with Gasteiger partial charge in [0.1, 0.15) is 6.33 Å². The molecule has 0 N–H and O–H groups in total. The zero-order chi connectivity index (χ0) is 19.9. The Hall–Kier alpha value is -2.57.